The van der Waals surface area contributed by atoms with Gasteiger partial charge < -0.3 is 20.4 Å². The Balaban J connectivity index is 1.23. The Morgan fingerprint density at radius 2 is 1.25 bits per heavy atom. The molecule has 5 aromatic rings. The molecule has 3 heterocycles. The van der Waals surface area contributed by atoms with Crippen molar-refractivity contribution in [3.8, 4) is 0 Å². The topological polar surface area (TPSA) is 121 Å². The summed E-state index contributed by atoms with van der Waals surface area (Å²) in [5.41, 5.74) is 4.24. The summed E-state index contributed by atoms with van der Waals surface area (Å²) in [7, 11) is 0. The highest BCUT2D eigenvalue weighted by Crippen LogP contribution is 2.33. The van der Waals surface area contributed by atoms with E-state index in [-0.39, 0.29) is 11.9 Å². The number of aromatic nitrogens is 3. The standard InChI is InChI=1S/C30H26N8O2/c1-20(39)38-26(27-13-8-18-40-27)19-25(37-38)21-14-16-24(17-15-21)33-30-35-28(31-22-9-4-2-5-10-22)34-29(36-30)32-23-11-6-3-7-12-23/h2-18,26H,19H2,1H3,(H3,31,32,33,34,35,36). The third kappa shape index (κ3) is 5.65. The first-order valence-electron chi connectivity index (χ1n) is 12.8. The zero-order valence-electron chi connectivity index (χ0n) is 21.7. The first-order chi connectivity index (χ1) is 19.6. The van der Waals surface area contributed by atoms with Crippen LogP contribution in [0.25, 0.3) is 0 Å². The third-order valence-corrected chi connectivity index (χ3v) is 6.27. The Bertz CT molecular complexity index is 1560. The van der Waals surface area contributed by atoms with Crippen molar-refractivity contribution in [2.24, 2.45) is 5.10 Å². The molecular weight excluding hydrogens is 504 g/mol. The van der Waals surface area contributed by atoms with Crippen molar-refractivity contribution in [2.45, 2.75) is 19.4 Å². The highest BCUT2D eigenvalue weighted by atomic mass is 16.3. The number of furan rings is 1. The van der Waals surface area contributed by atoms with Crippen molar-refractivity contribution in [3.05, 3.63) is 115 Å². The van der Waals surface area contributed by atoms with Gasteiger partial charge in [0.05, 0.1) is 12.0 Å². The minimum Gasteiger partial charge on any atom is -0.467 e. The van der Waals surface area contributed by atoms with Crippen molar-refractivity contribution in [2.75, 3.05) is 16.0 Å². The first kappa shape index (κ1) is 24.8. The second-order valence-electron chi connectivity index (χ2n) is 9.14. The molecule has 10 heteroatoms. The summed E-state index contributed by atoms with van der Waals surface area (Å²) in [5, 5.41) is 15.8. The van der Waals surface area contributed by atoms with Crippen LogP contribution in [0.3, 0.4) is 0 Å². The molecule has 1 atom stereocenters. The molecule has 198 valence electrons. The van der Waals surface area contributed by atoms with Gasteiger partial charge in [-0.25, -0.2) is 5.01 Å². The third-order valence-electron chi connectivity index (χ3n) is 6.27. The molecule has 10 nitrogen and oxygen atoms in total. The van der Waals surface area contributed by atoms with Gasteiger partial charge in [-0.15, -0.1) is 0 Å². The van der Waals surface area contributed by atoms with E-state index in [4.69, 9.17) is 4.42 Å². The Morgan fingerprint density at radius 3 is 1.73 bits per heavy atom. The number of nitrogens with one attached hydrogen (secondary N) is 3. The monoisotopic (exact) mass is 530 g/mol. The molecule has 1 unspecified atom stereocenters. The predicted octanol–water partition coefficient (Wildman–Crippen LogP) is 6.39. The molecular formula is C30H26N8O2. The molecule has 6 rings (SSSR count). The van der Waals surface area contributed by atoms with Crippen molar-refractivity contribution >= 4 is 46.5 Å². The lowest BCUT2D eigenvalue weighted by Gasteiger charge is -2.17. The number of hydrogen-bond donors (Lipinski definition) is 3. The van der Waals surface area contributed by atoms with Gasteiger partial charge >= 0.3 is 0 Å². The number of anilines is 6. The van der Waals surface area contributed by atoms with Crippen molar-refractivity contribution in [1.82, 2.24) is 20.0 Å². The fraction of sp³-hybridized carbons (Fsp3) is 0.100. The molecule has 1 amide bonds. The van der Waals surface area contributed by atoms with Gasteiger partial charge in [-0.05, 0) is 54.1 Å². The smallest absolute Gasteiger partial charge is 0.240 e. The fourth-order valence-corrected chi connectivity index (χ4v) is 4.40. The number of carbonyl (C=O) groups excluding carboxylic acids is 1. The molecule has 0 spiro atoms. The summed E-state index contributed by atoms with van der Waals surface area (Å²) in [6.07, 6.45) is 2.17. The molecule has 0 saturated heterocycles. The maximum Gasteiger partial charge on any atom is 0.240 e. The fourth-order valence-electron chi connectivity index (χ4n) is 4.40. The van der Waals surface area contributed by atoms with Crippen LogP contribution in [-0.4, -0.2) is 31.6 Å². The SMILES string of the molecule is CC(=O)N1N=C(c2ccc(Nc3nc(Nc4ccccc4)nc(Nc4ccccc4)n3)cc2)CC1c1ccco1. The molecule has 0 radical (unpaired) electrons. The summed E-state index contributed by atoms with van der Waals surface area (Å²) >= 11 is 0. The molecule has 0 saturated carbocycles. The molecule has 40 heavy (non-hydrogen) atoms. The van der Waals surface area contributed by atoms with Crippen LogP contribution < -0.4 is 16.0 Å². The van der Waals surface area contributed by atoms with Gasteiger partial charge in [-0.3, -0.25) is 4.79 Å². The quantitative estimate of drug-likeness (QED) is 0.211. The second-order valence-corrected chi connectivity index (χ2v) is 9.14. The summed E-state index contributed by atoms with van der Waals surface area (Å²) in [5.74, 6) is 1.74. The second kappa shape index (κ2) is 11.1. The molecule has 3 aromatic carbocycles. The highest BCUT2D eigenvalue weighted by molar-refractivity contribution is 6.03. The lowest BCUT2D eigenvalue weighted by atomic mass is 10.0. The average molecular weight is 531 g/mol. The maximum atomic E-state index is 12.2. The molecule has 2 aromatic heterocycles. The maximum absolute atomic E-state index is 12.2. The van der Waals surface area contributed by atoms with Gasteiger partial charge in [0.2, 0.25) is 23.8 Å². The zero-order chi connectivity index (χ0) is 27.3. The van der Waals surface area contributed by atoms with Crippen LogP contribution >= 0.6 is 0 Å². The highest BCUT2D eigenvalue weighted by Gasteiger charge is 2.33. The van der Waals surface area contributed by atoms with Gasteiger partial charge in [-0.1, -0.05) is 48.5 Å². The van der Waals surface area contributed by atoms with E-state index in [0.717, 1.165) is 28.3 Å². The molecule has 1 aliphatic heterocycles. The van der Waals surface area contributed by atoms with E-state index < -0.39 is 0 Å². The summed E-state index contributed by atoms with van der Waals surface area (Å²) < 4.78 is 5.56. The summed E-state index contributed by atoms with van der Waals surface area (Å²) in [4.78, 5) is 25.9. The van der Waals surface area contributed by atoms with Crippen molar-refractivity contribution < 1.29 is 9.21 Å². The van der Waals surface area contributed by atoms with Crippen LogP contribution in [-0.2, 0) is 4.79 Å². The van der Waals surface area contributed by atoms with Crippen LogP contribution in [0, 0.1) is 0 Å². The normalized spacial score (nSPS) is 14.5. The van der Waals surface area contributed by atoms with Crippen LogP contribution in [0.2, 0.25) is 0 Å². The number of nitrogens with zero attached hydrogens (tertiary/aromatic N) is 5. The van der Waals surface area contributed by atoms with Crippen LogP contribution in [0.5, 0.6) is 0 Å². The van der Waals surface area contributed by atoms with Gasteiger partial charge in [0.25, 0.3) is 0 Å². The van der Waals surface area contributed by atoms with Gasteiger partial charge in [-0.2, -0.15) is 20.1 Å². The van der Waals surface area contributed by atoms with E-state index in [1.165, 1.54) is 11.9 Å². The number of amides is 1. The number of hydrazone groups is 1. The van der Waals surface area contributed by atoms with Gasteiger partial charge in [0, 0.05) is 30.4 Å². The van der Waals surface area contributed by atoms with E-state index in [1.807, 2.05) is 97.1 Å². The number of carbonyl (C=O) groups is 1. The Morgan fingerprint density at radius 1 is 0.725 bits per heavy atom. The van der Waals surface area contributed by atoms with Crippen LogP contribution in [0.4, 0.5) is 34.9 Å². The lowest BCUT2D eigenvalue weighted by Crippen LogP contribution is -2.23. The Labute approximate surface area is 230 Å². The molecule has 3 N–H and O–H groups in total. The van der Waals surface area contributed by atoms with E-state index in [2.05, 4.69) is 36.0 Å². The van der Waals surface area contributed by atoms with Crippen LogP contribution in [0.1, 0.15) is 30.7 Å². The Hall–Kier alpha value is -5.51. The number of rotatable bonds is 8. The minimum absolute atomic E-state index is 0.135. The van der Waals surface area contributed by atoms with E-state index in [1.54, 1.807) is 6.26 Å². The Kier molecular flexibility index (Phi) is 6.87. The summed E-state index contributed by atoms with van der Waals surface area (Å²) in [6, 6.07) is 30.6. The van der Waals surface area contributed by atoms with Crippen molar-refractivity contribution in [1.29, 1.82) is 0 Å². The van der Waals surface area contributed by atoms with E-state index >= 15 is 0 Å². The molecule has 0 fully saturated rings. The van der Waals surface area contributed by atoms with Gasteiger partial charge in [0.1, 0.15) is 11.8 Å². The number of para-hydroxylation sites is 2. The molecule has 1 aliphatic rings. The minimum atomic E-state index is -0.253. The van der Waals surface area contributed by atoms with E-state index in [9.17, 15) is 4.79 Å². The number of benzene rings is 3. The summed E-state index contributed by atoms with van der Waals surface area (Å²) in [6.45, 7) is 1.51. The largest absolute Gasteiger partial charge is 0.467 e. The molecule has 0 aliphatic carbocycles. The van der Waals surface area contributed by atoms with Crippen LogP contribution in [0.15, 0.2) is 113 Å². The number of hydrogen-bond acceptors (Lipinski definition) is 9. The first-order valence-corrected chi connectivity index (χ1v) is 12.8. The molecule has 0 bridgehead atoms. The predicted molar refractivity (Wildman–Crippen MR) is 154 cm³/mol. The lowest BCUT2D eigenvalue weighted by molar-refractivity contribution is -0.130. The van der Waals surface area contributed by atoms with Gasteiger partial charge in [0.15, 0.2) is 0 Å². The zero-order valence-corrected chi connectivity index (χ0v) is 21.7. The van der Waals surface area contributed by atoms with E-state index in [0.29, 0.717) is 30.0 Å². The average Bonchev–Trinajstić information content (AvgIpc) is 3.65. The van der Waals surface area contributed by atoms with Crippen molar-refractivity contribution in [3.63, 3.8) is 0 Å².